The summed E-state index contributed by atoms with van der Waals surface area (Å²) in [5.74, 6) is 0.833. The zero-order chi connectivity index (χ0) is 16.9. The molecule has 2 rings (SSSR count). The lowest BCUT2D eigenvalue weighted by atomic mass is 10.2. The second-order valence-electron chi connectivity index (χ2n) is 5.46. The number of nitrogens with one attached hydrogen (secondary N) is 2. The maximum absolute atomic E-state index is 12.5. The van der Waals surface area contributed by atoms with Gasteiger partial charge in [0.05, 0.1) is 4.90 Å². The van der Waals surface area contributed by atoms with Crippen molar-refractivity contribution >= 4 is 21.7 Å². The zero-order valence-corrected chi connectivity index (χ0v) is 14.4. The number of aromatic nitrogens is 2. The van der Waals surface area contributed by atoms with Crippen LogP contribution in [0.2, 0.25) is 0 Å². The average molecular weight is 334 g/mol. The summed E-state index contributed by atoms with van der Waals surface area (Å²) in [6, 6.07) is 8.63. The molecule has 2 aromatic rings. The highest BCUT2D eigenvalue weighted by Gasteiger charge is 2.17. The third-order valence-corrected chi connectivity index (χ3v) is 4.87. The Morgan fingerprint density at radius 1 is 1.04 bits per heavy atom. The van der Waals surface area contributed by atoms with Gasteiger partial charge in [-0.2, -0.15) is 0 Å². The van der Waals surface area contributed by atoms with Crippen molar-refractivity contribution in [2.75, 3.05) is 16.6 Å². The fourth-order valence-electron chi connectivity index (χ4n) is 2.06. The molecule has 0 fully saturated rings. The summed E-state index contributed by atoms with van der Waals surface area (Å²) in [6.45, 7) is 6.55. The zero-order valence-electron chi connectivity index (χ0n) is 13.6. The van der Waals surface area contributed by atoms with Gasteiger partial charge in [-0.25, -0.2) is 8.42 Å². The van der Waals surface area contributed by atoms with E-state index in [1.165, 1.54) is 0 Å². The Morgan fingerprint density at radius 2 is 1.74 bits per heavy atom. The lowest BCUT2D eigenvalue weighted by molar-refractivity contribution is 0.600. The molecule has 23 heavy (non-hydrogen) atoms. The van der Waals surface area contributed by atoms with Crippen molar-refractivity contribution in [3.63, 3.8) is 0 Å². The van der Waals surface area contributed by atoms with Crippen LogP contribution in [-0.2, 0) is 10.0 Å². The Balaban J connectivity index is 2.13. The van der Waals surface area contributed by atoms with E-state index >= 15 is 0 Å². The van der Waals surface area contributed by atoms with Gasteiger partial charge < -0.3 is 5.32 Å². The van der Waals surface area contributed by atoms with Gasteiger partial charge in [0.2, 0.25) is 0 Å². The third kappa shape index (κ3) is 4.66. The number of benzene rings is 1. The van der Waals surface area contributed by atoms with E-state index in [2.05, 4.69) is 27.2 Å². The van der Waals surface area contributed by atoms with Crippen LogP contribution in [0.25, 0.3) is 0 Å². The molecular weight excluding hydrogens is 312 g/mol. The summed E-state index contributed by atoms with van der Waals surface area (Å²) >= 11 is 0. The number of nitrogens with zero attached hydrogens (tertiary/aromatic N) is 2. The van der Waals surface area contributed by atoms with Crippen molar-refractivity contribution in [3.05, 3.63) is 41.5 Å². The van der Waals surface area contributed by atoms with Gasteiger partial charge in [0.25, 0.3) is 10.0 Å². The third-order valence-electron chi connectivity index (χ3n) is 3.37. The molecule has 0 atom stereocenters. The molecule has 2 N–H and O–H groups in total. The summed E-state index contributed by atoms with van der Waals surface area (Å²) < 4.78 is 27.4. The first kappa shape index (κ1) is 17.2. The molecule has 0 unspecified atom stereocenters. The number of unbranched alkanes of at least 4 members (excludes halogenated alkanes) is 1. The van der Waals surface area contributed by atoms with E-state index in [0.29, 0.717) is 11.4 Å². The van der Waals surface area contributed by atoms with Crippen molar-refractivity contribution in [3.8, 4) is 0 Å². The molecule has 1 aromatic carbocycles. The largest absolute Gasteiger partial charge is 0.369 e. The van der Waals surface area contributed by atoms with E-state index in [4.69, 9.17) is 0 Å². The topological polar surface area (TPSA) is 84.0 Å². The molecule has 0 aliphatic carbocycles. The van der Waals surface area contributed by atoms with E-state index in [1.54, 1.807) is 31.2 Å². The minimum absolute atomic E-state index is 0.201. The Hall–Kier alpha value is -2.15. The van der Waals surface area contributed by atoms with Gasteiger partial charge in [0, 0.05) is 6.54 Å². The monoisotopic (exact) mass is 334 g/mol. The van der Waals surface area contributed by atoms with E-state index in [9.17, 15) is 8.42 Å². The van der Waals surface area contributed by atoms with Crippen LogP contribution >= 0.6 is 0 Å². The van der Waals surface area contributed by atoms with Gasteiger partial charge in [-0.15, -0.1) is 10.2 Å². The molecule has 0 aliphatic heterocycles. The van der Waals surface area contributed by atoms with E-state index in [1.807, 2.05) is 13.0 Å². The van der Waals surface area contributed by atoms with Crippen molar-refractivity contribution < 1.29 is 8.42 Å². The van der Waals surface area contributed by atoms with Crippen molar-refractivity contribution in [1.82, 2.24) is 10.2 Å². The van der Waals surface area contributed by atoms with Gasteiger partial charge in [-0.1, -0.05) is 25.5 Å². The molecule has 0 spiro atoms. The summed E-state index contributed by atoms with van der Waals surface area (Å²) in [5, 5.41) is 11.0. The highest BCUT2D eigenvalue weighted by Crippen LogP contribution is 2.19. The highest BCUT2D eigenvalue weighted by atomic mass is 32.2. The average Bonchev–Trinajstić information content (AvgIpc) is 2.51. The van der Waals surface area contributed by atoms with E-state index < -0.39 is 10.0 Å². The van der Waals surface area contributed by atoms with Crippen LogP contribution in [0.1, 0.15) is 30.9 Å². The summed E-state index contributed by atoms with van der Waals surface area (Å²) in [7, 11) is -3.67. The minimum Gasteiger partial charge on any atom is -0.369 e. The van der Waals surface area contributed by atoms with Gasteiger partial charge in [0.15, 0.2) is 5.82 Å². The molecule has 0 radical (unpaired) electrons. The standard InChI is InChI=1S/C16H22N4O2S/c1-4-5-10-17-15-8-9-16(19-18-15)20-23(21,22)14-11-12(2)6-7-13(14)3/h6-9,11H,4-5,10H2,1-3H3,(H,17,18)(H,19,20). The van der Waals surface area contributed by atoms with Gasteiger partial charge in [-0.05, 0) is 49.6 Å². The van der Waals surface area contributed by atoms with E-state index in [0.717, 1.165) is 24.9 Å². The first-order valence-corrected chi connectivity index (χ1v) is 9.08. The van der Waals surface area contributed by atoms with Crippen molar-refractivity contribution in [1.29, 1.82) is 0 Å². The van der Waals surface area contributed by atoms with Crippen LogP contribution < -0.4 is 10.0 Å². The minimum atomic E-state index is -3.67. The maximum Gasteiger partial charge on any atom is 0.263 e. The lowest BCUT2D eigenvalue weighted by Gasteiger charge is -2.10. The second-order valence-corrected chi connectivity index (χ2v) is 7.11. The highest BCUT2D eigenvalue weighted by molar-refractivity contribution is 7.92. The first-order chi connectivity index (χ1) is 10.9. The number of aryl methyl sites for hydroxylation is 2. The maximum atomic E-state index is 12.5. The number of hydrogen-bond donors (Lipinski definition) is 2. The Morgan fingerprint density at radius 3 is 2.39 bits per heavy atom. The summed E-state index contributed by atoms with van der Waals surface area (Å²) in [4.78, 5) is 0.254. The molecule has 0 saturated carbocycles. The molecule has 0 aliphatic rings. The number of sulfonamides is 1. The number of rotatable bonds is 7. The molecule has 0 saturated heterocycles. The van der Waals surface area contributed by atoms with Crippen molar-refractivity contribution in [2.45, 2.75) is 38.5 Å². The smallest absolute Gasteiger partial charge is 0.263 e. The Bertz CT molecular complexity index is 758. The van der Waals surface area contributed by atoms with Crippen LogP contribution in [0.3, 0.4) is 0 Å². The summed E-state index contributed by atoms with van der Waals surface area (Å²) in [5.41, 5.74) is 1.58. The van der Waals surface area contributed by atoms with Crippen molar-refractivity contribution in [2.24, 2.45) is 0 Å². The lowest BCUT2D eigenvalue weighted by Crippen LogP contribution is -2.16. The van der Waals surface area contributed by atoms with Crippen LogP contribution in [0, 0.1) is 13.8 Å². The molecule has 0 bridgehead atoms. The molecule has 0 amide bonds. The quantitative estimate of drug-likeness (QED) is 0.760. The molecular formula is C16H22N4O2S. The van der Waals surface area contributed by atoms with Crippen LogP contribution in [0.5, 0.6) is 0 Å². The van der Waals surface area contributed by atoms with Crippen LogP contribution in [0.4, 0.5) is 11.6 Å². The molecule has 6 nitrogen and oxygen atoms in total. The summed E-state index contributed by atoms with van der Waals surface area (Å²) in [6.07, 6.45) is 2.14. The first-order valence-electron chi connectivity index (χ1n) is 7.60. The molecule has 7 heteroatoms. The second kappa shape index (κ2) is 7.41. The van der Waals surface area contributed by atoms with Crippen LogP contribution in [0.15, 0.2) is 35.2 Å². The van der Waals surface area contributed by atoms with Crippen LogP contribution in [-0.4, -0.2) is 25.2 Å². The fourth-order valence-corrected chi connectivity index (χ4v) is 3.39. The number of hydrogen-bond acceptors (Lipinski definition) is 5. The molecule has 1 aromatic heterocycles. The fraction of sp³-hybridized carbons (Fsp3) is 0.375. The predicted octanol–water partition coefficient (Wildman–Crippen LogP) is 3.11. The molecule has 124 valence electrons. The predicted molar refractivity (Wildman–Crippen MR) is 92.2 cm³/mol. The molecule has 1 heterocycles. The normalized spacial score (nSPS) is 11.3. The Kier molecular flexibility index (Phi) is 5.54. The number of anilines is 2. The van der Waals surface area contributed by atoms with Gasteiger partial charge in [-0.3, -0.25) is 4.72 Å². The van der Waals surface area contributed by atoms with Gasteiger partial charge in [0.1, 0.15) is 5.82 Å². The van der Waals surface area contributed by atoms with E-state index in [-0.39, 0.29) is 10.7 Å². The Labute approximate surface area is 137 Å². The SMILES string of the molecule is CCCCNc1ccc(NS(=O)(=O)c2cc(C)ccc2C)nn1. The van der Waals surface area contributed by atoms with Gasteiger partial charge >= 0.3 is 0 Å².